The number of carbonyl (C=O) groups is 1. The van der Waals surface area contributed by atoms with Crippen molar-refractivity contribution in [2.75, 3.05) is 26.2 Å². The molecule has 0 aliphatic rings. The summed E-state index contributed by atoms with van der Waals surface area (Å²) in [5.41, 5.74) is 0. The average Bonchev–Trinajstić information content (AvgIpc) is 3.11. The number of hydrogen-bond acceptors (Lipinski definition) is 4. The second-order valence-corrected chi connectivity index (χ2v) is 5.80. The van der Waals surface area contributed by atoms with Gasteiger partial charge in [-0.05, 0) is 38.8 Å². The summed E-state index contributed by atoms with van der Waals surface area (Å²) in [7, 11) is 0. The van der Waals surface area contributed by atoms with Gasteiger partial charge in [-0.15, -0.1) is 0 Å². The van der Waals surface area contributed by atoms with Crippen molar-refractivity contribution < 1.29 is 13.9 Å². The zero-order valence-corrected chi connectivity index (χ0v) is 15.6. The van der Waals surface area contributed by atoms with Crippen LogP contribution in [-0.4, -0.2) is 44.1 Å². The Morgan fingerprint density at radius 2 is 2.20 bits per heavy atom. The number of carbonyl (C=O) groups excluding carboxylic acids is 1. The van der Waals surface area contributed by atoms with Crippen LogP contribution in [0.5, 0.6) is 0 Å². The number of nitrogens with zero attached hydrogens (tertiary/aromatic N) is 1. The molecule has 1 aromatic heterocycles. The number of ether oxygens (including phenoxy) is 1. The molecule has 142 valence electrons. The highest BCUT2D eigenvalue weighted by molar-refractivity contribution is 5.81. The molecular formula is C18H32N4O3. The molecule has 1 aromatic rings. The van der Waals surface area contributed by atoms with Gasteiger partial charge in [0.05, 0.1) is 6.26 Å². The van der Waals surface area contributed by atoms with Gasteiger partial charge in [-0.25, -0.2) is 0 Å². The fourth-order valence-electron chi connectivity index (χ4n) is 2.01. The summed E-state index contributed by atoms with van der Waals surface area (Å²) < 4.78 is 10.7. The van der Waals surface area contributed by atoms with Crippen LogP contribution in [-0.2, 0) is 16.1 Å². The van der Waals surface area contributed by atoms with Gasteiger partial charge in [0.2, 0.25) is 5.91 Å². The Kier molecular flexibility index (Phi) is 11.2. The molecule has 0 aliphatic carbocycles. The molecule has 1 amide bonds. The molecule has 3 N–H and O–H groups in total. The van der Waals surface area contributed by atoms with E-state index in [1.165, 1.54) is 0 Å². The van der Waals surface area contributed by atoms with Crippen LogP contribution in [0.2, 0.25) is 0 Å². The van der Waals surface area contributed by atoms with Crippen LogP contribution in [0.25, 0.3) is 0 Å². The van der Waals surface area contributed by atoms with Gasteiger partial charge in [-0.1, -0.05) is 6.92 Å². The molecule has 1 atom stereocenters. The van der Waals surface area contributed by atoms with E-state index < -0.39 is 0 Å². The first-order valence-corrected chi connectivity index (χ1v) is 9.07. The summed E-state index contributed by atoms with van der Waals surface area (Å²) in [6.07, 6.45) is 3.83. The van der Waals surface area contributed by atoms with E-state index in [0.29, 0.717) is 32.7 Å². The lowest BCUT2D eigenvalue weighted by molar-refractivity contribution is -0.121. The summed E-state index contributed by atoms with van der Waals surface area (Å²) in [5.74, 6) is 1.61. The van der Waals surface area contributed by atoms with E-state index in [-0.39, 0.29) is 11.9 Å². The monoisotopic (exact) mass is 352 g/mol. The fourth-order valence-corrected chi connectivity index (χ4v) is 2.01. The van der Waals surface area contributed by atoms with E-state index in [1.54, 1.807) is 6.26 Å². The van der Waals surface area contributed by atoms with Crippen molar-refractivity contribution in [3.05, 3.63) is 24.2 Å². The van der Waals surface area contributed by atoms with Crippen molar-refractivity contribution in [1.29, 1.82) is 0 Å². The van der Waals surface area contributed by atoms with E-state index in [4.69, 9.17) is 9.15 Å². The Bertz CT molecular complexity index is 489. The molecule has 1 unspecified atom stereocenters. The van der Waals surface area contributed by atoms with Gasteiger partial charge in [0.1, 0.15) is 12.4 Å². The molecule has 0 aromatic carbocycles. The number of hydrogen-bond donors (Lipinski definition) is 3. The quantitative estimate of drug-likeness (QED) is 0.304. The van der Waals surface area contributed by atoms with Crippen LogP contribution in [0.4, 0.5) is 0 Å². The molecule has 0 saturated carbocycles. The Morgan fingerprint density at radius 3 is 2.88 bits per heavy atom. The minimum absolute atomic E-state index is 0.0593. The minimum atomic E-state index is 0.0593. The number of furan rings is 1. The summed E-state index contributed by atoms with van der Waals surface area (Å²) in [6.45, 7) is 9.18. The lowest BCUT2D eigenvalue weighted by atomic mass is 10.2. The van der Waals surface area contributed by atoms with Crippen LogP contribution in [0.3, 0.4) is 0 Å². The minimum Gasteiger partial charge on any atom is -0.467 e. The average molecular weight is 352 g/mol. The lowest BCUT2D eigenvalue weighted by Gasteiger charge is -2.13. The molecule has 25 heavy (non-hydrogen) atoms. The molecule has 0 radical (unpaired) electrons. The van der Waals surface area contributed by atoms with Gasteiger partial charge in [0.25, 0.3) is 0 Å². The van der Waals surface area contributed by atoms with Crippen molar-refractivity contribution in [2.45, 2.75) is 52.7 Å². The molecular weight excluding hydrogens is 320 g/mol. The third kappa shape index (κ3) is 10.4. The van der Waals surface area contributed by atoms with Crippen molar-refractivity contribution in [2.24, 2.45) is 4.99 Å². The summed E-state index contributed by atoms with van der Waals surface area (Å²) in [5, 5.41) is 9.30. The van der Waals surface area contributed by atoms with Crippen LogP contribution in [0, 0.1) is 0 Å². The van der Waals surface area contributed by atoms with Crippen molar-refractivity contribution in [1.82, 2.24) is 16.0 Å². The molecule has 0 bridgehead atoms. The van der Waals surface area contributed by atoms with Crippen LogP contribution in [0.1, 0.15) is 45.8 Å². The SMILES string of the molecule is CCNC(=NCCCOCc1ccco1)NCCC(=O)NC(C)CC. The molecule has 7 heteroatoms. The third-order valence-corrected chi connectivity index (χ3v) is 3.55. The Hall–Kier alpha value is -2.02. The predicted molar refractivity (Wildman–Crippen MR) is 99.5 cm³/mol. The fraction of sp³-hybridized carbons (Fsp3) is 0.667. The molecule has 0 spiro atoms. The highest BCUT2D eigenvalue weighted by Crippen LogP contribution is 2.01. The lowest BCUT2D eigenvalue weighted by Crippen LogP contribution is -2.40. The van der Waals surface area contributed by atoms with Gasteiger partial charge in [0, 0.05) is 38.7 Å². The predicted octanol–water partition coefficient (Wildman–Crippen LogP) is 2.05. The summed E-state index contributed by atoms with van der Waals surface area (Å²) in [4.78, 5) is 16.2. The molecule has 7 nitrogen and oxygen atoms in total. The van der Waals surface area contributed by atoms with Crippen molar-refractivity contribution in [3.63, 3.8) is 0 Å². The first kappa shape index (κ1) is 21.0. The van der Waals surface area contributed by atoms with Gasteiger partial charge >= 0.3 is 0 Å². The normalized spacial score (nSPS) is 12.7. The van der Waals surface area contributed by atoms with Crippen molar-refractivity contribution in [3.8, 4) is 0 Å². The second kappa shape index (κ2) is 13.3. The van der Waals surface area contributed by atoms with Crippen LogP contribution in [0.15, 0.2) is 27.8 Å². The first-order valence-electron chi connectivity index (χ1n) is 9.07. The molecule has 0 saturated heterocycles. The van der Waals surface area contributed by atoms with E-state index in [0.717, 1.165) is 31.1 Å². The number of nitrogens with one attached hydrogen (secondary N) is 3. The Labute approximate surface area is 150 Å². The van der Waals surface area contributed by atoms with Crippen molar-refractivity contribution >= 4 is 11.9 Å². The van der Waals surface area contributed by atoms with Crippen LogP contribution < -0.4 is 16.0 Å². The van der Waals surface area contributed by atoms with E-state index in [1.807, 2.05) is 26.0 Å². The summed E-state index contributed by atoms with van der Waals surface area (Å²) >= 11 is 0. The maximum absolute atomic E-state index is 11.7. The Morgan fingerprint density at radius 1 is 1.36 bits per heavy atom. The maximum Gasteiger partial charge on any atom is 0.221 e. The van der Waals surface area contributed by atoms with Gasteiger partial charge in [-0.2, -0.15) is 0 Å². The highest BCUT2D eigenvalue weighted by atomic mass is 16.5. The zero-order chi connectivity index (χ0) is 18.3. The maximum atomic E-state index is 11.7. The molecule has 0 aliphatic heterocycles. The van der Waals surface area contributed by atoms with Gasteiger partial charge in [-0.3, -0.25) is 9.79 Å². The molecule has 1 heterocycles. The third-order valence-electron chi connectivity index (χ3n) is 3.55. The van der Waals surface area contributed by atoms with E-state index in [9.17, 15) is 4.79 Å². The molecule has 1 rings (SSSR count). The molecule has 0 fully saturated rings. The second-order valence-electron chi connectivity index (χ2n) is 5.80. The smallest absolute Gasteiger partial charge is 0.221 e. The van der Waals surface area contributed by atoms with Crippen LogP contribution >= 0.6 is 0 Å². The number of amides is 1. The van der Waals surface area contributed by atoms with Gasteiger partial charge < -0.3 is 25.1 Å². The number of rotatable bonds is 12. The zero-order valence-electron chi connectivity index (χ0n) is 15.6. The number of guanidine groups is 1. The topological polar surface area (TPSA) is 87.9 Å². The standard InChI is InChI=1S/C18H32N4O3/c1-4-15(3)22-17(23)9-11-21-18(19-5-2)20-10-7-12-24-14-16-8-6-13-25-16/h6,8,13,15H,4-5,7,9-12,14H2,1-3H3,(H,22,23)(H2,19,20,21). The van der Waals surface area contributed by atoms with E-state index >= 15 is 0 Å². The Balaban J connectivity index is 2.16. The summed E-state index contributed by atoms with van der Waals surface area (Å²) in [6, 6.07) is 3.96. The first-order chi connectivity index (χ1) is 12.2. The van der Waals surface area contributed by atoms with Gasteiger partial charge in [0.15, 0.2) is 5.96 Å². The van der Waals surface area contributed by atoms with E-state index in [2.05, 4.69) is 27.9 Å². The highest BCUT2D eigenvalue weighted by Gasteiger charge is 2.05. The number of aliphatic imine (C=N–C) groups is 1. The largest absolute Gasteiger partial charge is 0.467 e.